The van der Waals surface area contributed by atoms with E-state index in [0.717, 1.165) is 11.2 Å². The summed E-state index contributed by atoms with van der Waals surface area (Å²) in [6.07, 6.45) is -4.08. The molecule has 7 nitrogen and oxygen atoms in total. The minimum atomic E-state index is -5.10. The van der Waals surface area contributed by atoms with Crippen molar-refractivity contribution in [1.29, 1.82) is 0 Å². The van der Waals surface area contributed by atoms with Gasteiger partial charge >= 0.3 is 12.4 Å². The van der Waals surface area contributed by atoms with Gasteiger partial charge in [0.1, 0.15) is 17.0 Å². The van der Waals surface area contributed by atoms with Crippen LogP contribution in [0.4, 0.5) is 42.2 Å². The zero-order valence-corrected chi connectivity index (χ0v) is 28.6. The van der Waals surface area contributed by atoms with Crippen LogP contribution < -0.4 is 15.1 Å². The van der Waals surface area contributed by atoms with Crippen LogP contribution >= 0.6 is 0 Å². The fourth-order valence-corrected chi connectivity index (χ4v) is 7.31. The number of alkyl halides is 6. The maximum atomic E-state index is 14.0. The highest BCUT2D eigenvalue weighted by Crippen LogP contribution is 2.42. The van der Waals surface area contributed by atoms with E-state index in [1.165, 1.54) is 71.2 Å². The summed E-state index contributed by atoms with van der Waals surface area (Å²) in [5.41, 5.74) is -4.13. The summed E-state index contributed by atoms with van der Waals surface area (Å²) in [6, 6.07) is 6.47. The molecule has 3 heterocycles. The maximum absolute atomic E-state index is 14.0. The lowest BCUT2D eigenvalue weighted by Gasteiger charge is -2.32. The molecule has 0 saturated carbocycles. The van der Waals surface area contributed by atoms with E-state index >= 15 is 0 Å². The molecule has 15 heteroatoms. The first-order chi connectivity index (χ1) is 22.6. The topological polar surface area (TPSA) is 82.6 Å². The van der Waals surface area contributed by atoms with Crippen LogP contribution in [0.25, 0.3) is 11.1 Å². The first-order valence-corrected chi connectivity index (χ1v) is 17.6. The number of nitrogens with one attached hydrogen (secondary N) is 1. The van der Waals surface area contributed by atoms with Crippen molar-refractivity contribution in [3.05, 3.63) is 76.7 Å². The van der Waals surface area contributed by atoms with E-state index in [4.69, 9.17) is 0 Å². The standard InChI is InChI=1S/C30H30F7N3O3S.C4H9N/c1-17-11-21(31)8-9-22(17)23-15-25(40-10-6-7-26(40)44(5,42)43)38-16-24(23)39(4)27(41)28(2,3)18-12-19(29(32,33)34)14-20(13-18)30(35,36)37;1-2-4-5-3-1/h8-9,11-16,26H,6-7,10H2,1-5H3;5H,1-4H2. The van der Waals surface area contributed by atoms with Gasteiger partial charge in [0, 0.05) is 25.4 Å². The number of likely N-dealkylation sites (N-methyl/N-ethyl adjacent to an activating group) is 1. The molecule has 2 saturated heterocycles. The largest absolute Gasteiger partial charge is 0.416 e. The number of benzene rings is 2. The third-order valence-corrected chi connectivity index (χ3v) is 10.3. The summed E-state index contributed by atoms with van der Waals surface area (Å²) in [5.74, 6) is -1.11. The van der Waals surface area contributed by atoms with Gasteiger partial charge in [-0.25, -0.2) is 17.8 Å². The number of pyridine rings is 1. The van der Waals surface area contributed by atoms with Crippen LogP contribution in [0.5, 0.6) is 0 Å². The van der Waals surface area contributed by atoms with Crippen LogP contribution in [-0.4, -0.2) is 57.6 Å². The molecule has 5 rings (SSSR count). The Balaban J connectivity index is 0.000000989. The number of amides is 1. The van der Waals surface area contributed by atoms with Gasteiger partial charge in [0.05, 0.1) is 28.4 Å². The van der Waals surface area contributed by atoms with Crippen LogP contribution in [0.2, 0.25) is 0 Å². The van der Waals surface area contributed by atoms with Gasteiger partial charge in [0.25, 0.3) is 0 Å². The molecule has 2 fully saturated rings. The van der Waals surface area contributed by atoms with E-state index in [-0.39, 0.29) is 17.6 Å². The van der Waals surface area contributed by atoms with Crippen LogP contribution in [0.15, 0.2) is 48.7 Å². The summed E-state index contributed by atoms with van der Waals surface area (Å²) in [4.78, 5) is 21.0. The number of sulfone groups is 1. The van der Waals surface area contributed by atoms with Crippen molar-refractivity contribution < 1.29 is 43.9 Å². The van der Waals surface area contributed by atoms with Gasteiger partial charge in [0.15, 0.2) is 9.84 Å². The number of anilines is 2. The molecule has 2 aliphatic rings. The molecule has 0 aliphatic carbocycles. The summed E-state index contributed by atoms with van der Waals surface area (Å²) in [7, 11) is -2.20. The van der Waals surface area contributed by atoms with Gasteiger partial charge in [-0.15, -0.1) is 0 Å². The molecule has 1 N–H and O–H groups in total. The Morgan fingerprint density at radius 1 is 0.898 bits per heavy atom. The van der Waals surface area contributed by atoms with Gasteiger partial charge in [-0.2, -0.15) is 26.3 Å². The predicted octanol–water partition coefficient (Wildman–Crippen LogP) is 7.52. The lowest BCUT2D eigenvalue weighted by Crippen LogP contribution is -2.42. The molecule has 268 valence electrons. The highest BCUT2D eigenvalue weighted by molar-refractivity contribution is 7.91. The molecular weight excluding hydrogens is 677 g/mol. The third kappa shape index (κ3) is 8.72. The first kappa shape index (κ1) is 38.1. The van der Waals surface area contributed by atoms with E-state index < -0.39 is 61.4 Å². The number of hydrogen-bond acceptors (Lipinski definition) is 6. The molecule has 0 bridgehead atoms. The molecule has 1 aromatic heterocycles. The van der Waals surface area contributed by atoms with Crippen LogP contribution in [0, 0.1) is 12.7 Å². The molecule has 2 aromatic carbocycles. The average molecular weight is 717 g/mol. The van der Waals surface area contributed by atoms with Gasteiger partial charge in [-0.1, -0.05) is 6.07 Å². The third-order valence-electron chi connectivity index (χ3n) is 8.80. The minimum Gasteiger partial charge on any atom is -0.340 e. The normalized spacial score (nSPS) is 17.1. The Bertz CT molecular complexity index is 1750. The molecule has 1 atom stereocenters. The lowest BCUT2D eigenvalue weighted by atomic mass is 9.81. The fraction of sp³-hybridized carbons (Fsp3) is 0.471. The number of rotatable bonds is 6. The van der Waals surface area contributed by atoms with Crippen LogP contribution in [0.1, 0.15) is 61.8 Å². The van der Waals surface area contributed by atoms with E-state index in [0.29, 0.717) is 48.2 Å². The fourth-order valence-electron chi connectivity index (χ4n) is 6.04. The zero-order valence-electron chi connectivity index (χ0n) is 27.8. The number of hydrogen-bond donors (Lipinski definition) is 1. The number of halogens is 7. The molecule has 1 unspecified atom stereocenters. The quantitative estimate of drug-likeness (QED) is 0.266. The molecule has 3 aromatic rings. The highest BCUT2D eigenvalue weighted by atomic mass is 32.2. The van der Waals surface area contributed by atoms with E-state index in [2.05, 4.69) is 10.3 Å². The minimum absolute atomic E-state index is 0.00600. The lowest BCUT2D eigenvalue weighted by molar-refractivity contribution is -0.143. The summed E-state index contributed by atoms with van der Waals surface area (Å²) in [6.45, 7) is 6.93. The molecular formula is C34H39F7N4O3S. The highest BCUT2D eigenvalue weighted by Gasteiger charge is 2.41. The molecule has 0 radical (unpaired) electrons. The Labute approximate surface area is 281 Å². The monoisotopic (exact) mass is 716 g/mol. The summed E-state index contributed by atoms with van der Waals surface area (Å²) >= 11 is 0. The summed E-state index contributed by atoms with van der Waals surface area (Å²) < 4.78 is 120. The van der Waals surface area contributed by atoms with Gasteiger partial charge in [0.2, 0.25) is 5.91 Å². The van der Waals surface area contributed by atoms with Crippen LogP contribution in [-0.2, 0) is 32.4 Å². The van der Waals surface area contributed by atoms with Gasteiger partial charge in [-0.05, 0) is 113 Å². The van der Waals surface area contributed by atoms with Gasteiger partial charge < -0.3 is 15.1 Å². The van der Waals surface area contributed by atoms with Crippen LogP contribution in [0.3, 0.4) is 0 Å². The molecule has 49 heavy (non-hydrogen) atoms. The Morgan fingerprint density at radius 3 is 1.96 bits per heavy atom. The Kier molecular flexibility index (Phi) is 11.1. The van der Waals surface area contributed by atoms with Crippen molar-refractivity contribution in [2.24, 2.45) is 0 Å². The smallest absolute Gasteiger partial charge is 0.340 e. The van der Waals surface area contributed by atoms with Crippen molar-refractivity contribution in [2.75, 3.05) is 42.7 Å². The predicted molar refractivity (Wildman–Crippen MR) is 175 cm³/mol. The van der Waals surface area contributed by atoms with E-state index in [1.807, 2.05) is 0 Å². The maximum Gasteiger partial charge on any atom is 0.416 e. The number of aryl methyl sites for hydroxylation is 1. The molecule has 2 aliphatic heterocycles. The zero-order chi connectivity index (χ0) is 36.5. The summed E-state index contributed by atoms with van der Waals surface area (Å²) in [5, 5.41) is 2.38. The Hall–Kier alpha value is -3.72. The van der Waals surface area contributed by atoms with Crippen molar-refractivity contribution >= 4 is 27.2 Å². The second-order valence-electron chi connectivity index (χ2n) is 12.9. The molecule has 0 spiro atoms. The van der Waals surface area contributed by atoms with Gasteiger partial charge in [-0.3, -0.25) is 4.79 Å². The SMILES string of the molecule is C1CCNC1.Cc1cc(F)ccc1-c1cc(N2CCCC2S(C)(=O)=O)ncc1N(C)C(=O)C(C)(C)c1cc(C(F)(F)F)cc(C(F)(F)F)c1. The van der Waals surface area contributed by atoms with E-state index in [1.54, 1.807) is 17.9 Å². The van der Waals surface area contributed by atoms with Crippen molar-refractivity contribution in [3.63, 3.8) is 0 Å². The number of nitrogens with zero attached hydrogens (tertiary/aromatic N) is 3. The van der Waals surface area contributed by atoms with E-state index in [9.17, 15) is 43.9 Å². The van der Waals surface area contributed by atoms with Crippen molar-refractivity contribution in [1.82, 2.24) is 10.3 Å². The second-order valence-corrected chi connectivity index (χ2v) is 15.1. The van der Waals surface area contributed by atoms with Crippen molar-refractivity contribution in [3.8, 4) is 11.1 Å². The first-order valence-electron chi connectivity index (χ1n) is 15.6. The number of carbonyl (C=O) groups excluding carboxylic acids is 1. The Morgan fingerprint density at radius 2 is 1.47 bits per heavy atom. The average Bonchev–Trinajstić information content (AvgIpc) is 3.75. The number of aromatic nitrogens is 1. The second kappa shape index (κ2) is 14.3. The number of carbonyl (C=O) groups is 1. The molecule has 1 amide bonds. The van der Waals surface area contributed by atoms with Crippen molar-refractivity contribution in [2.45, 2.75) is 69.6 Å².